The molecule has 26 heavy (non-hydrogen) atoms. The van der Waals surface area contributed by atoms with E-state index < -0.39 is 0 Å². The van der Waals surface area contributed by atoms with Gasteiger partial charge in [0.2, 0.25) is 0 Å². The molecule has 0 spiro atoms. The zero-order valence-corrected chi connectivity index (χ0v) is 15.7. The largest absolute Gasteiger partial charge is 0.491 e. The van der Waals surface area contributed by atoms with E-state index in [1.54, 1.807) is 7.11 Å². The van der Waals surface area contributed by atoms with E-state index in [1.165, 1.54) is 5.56 Å². The van der Waals surface area contributed by atoms with Crippen LogP contribution in [0.25, 0.3) is 0 Å². The number of piperazine rings is 1. The van der Waals surface area contributed by atoms with Gasteiger partial charge in [-0.25, -0.2) is 0 Å². The average molecular weight is 377 g/mol. The first-order valence-electron chi connectivity index (χ1n) is 8.79. The molecule has 2 aromatic carbocycles. The van der Waals surface area contributed by atoms with Crippen molar-refractivity contribution in [1.82, 2.24) is 4.90 Å². The summed E-state index contributed by atoms with van der Waals surface area (Å²) in [4.78, 5) is 4.35. The Balaban J connectivity index is 1.83. The van der Waals surface area contributed by atoms with Crippen molar-refractivity contribution in [3.63, 3.8) is 0 Å². The highest BCUT2D eigenvalue weighted by molar-refractivity contribution is 6.33. The Kier molecular flexibility index (Phi) is 6.74. The summed E-state index contributed by atoms with van der Waals surface area (Å²) in [5.74, 6) is 0.737. The van der Waals surface area contributed by atoms with Gasteiger partial charge < -0.3 is 19.5 Å². The second kappa shape index (κ2) is 9.24. The Labute approximate surface area is 159 Å². The molecule has 0 aliphatic carbocycles. The van der Waals surface area contributed by atoms with E-state index >= 15 is 0 Å². The first-order valence-corrected chi connectivity index (χ1v) is 9.17. The Morgan fingerprint density at radius 3 is 2.62 bits per heavy atom. The topological polar surface area (TPSA) is 45.2 Å². The molecule has 0 radical (unpaired) electrons. The summed E-state index contributed by atoms with van der Waals surface area (Å²) in [6, 6.07) is 16.3. The molecule has 3 rings (SSSR count). The van der Waals surface area contributed by atoms with Crippen LogP contribution in [-0.4, -0.2) is 56.7 Å². The van der Waals surface area contributed by atoms with E-state index in [2.05, 4.69) is 17.0 Å². The molecule has 0 bridgehead atoms. The molecule has 0 aromatic heterocycles. The summed E-state index contributed by atoms with van der Waals surface area (Å²) in [5, 5.41) is 10.2. The maximum absolute atomic E-state index is 9.56. The van der Waals surface area contributed by atoms with Gasteiger partial charge in [0, 0.05) is 32.8 Å². The second-order valence-electron chi connectivity index (χ2n) is 6.29. The van der Waals surface area contributed by atoms with Crippen LogP contribution in [0.4, 0.5) is 5.69 Å². The predicted molar refractivity (Wildman–Crippen MR) is 104 cm³/mol. The van der Waals surface area contributed by atoms with Crippen LogP contribution in [0.2, 0.25) is 5.02 Å². The maximum atomic E-state index is 9.56. The van der Waals surface area contributed by atoms with Gasteiger partial charge in [-0.2, -0.15) is 0 Å². The van der Waals surface area contributed by atoms with Gasteiger partial charge in [0.15, 0.2) is 0 Å². The van der Waals surface area contributed by atoms with Crippen molar-refractivity contribution >= 4 is 17.3 Å². The van der Waals surface area contributed by atoms with Crippen LogP contribution in [0.1, 0.15) is 11.6 Å². The lowest BCUT2D eigenvalue weighted by atomic mass is 10.0. The number of halogens is 1. The third-order valence-corrected chi connectivity index (χ3v) is 4.94. The molecular weight excluding hydrogens is 352 g/mol. The average Bonchev–Trinajstić information content (AvgIpc) is 2.69. The molecule has 1 heterocycles. The summed E-state index contributed by atoms with van der Waals surface area (Å²) < 4.78 is 10.7. The molecule has 1 fully saturated rings. The van der Waals surface area contributed by atoms with Crippen LogP contribution in [0.15, 0.2) is 48.5 Å². The lowest BCUT2D eigenvalue weighted by molar-refractivity contribution is 0.0883. The monoisotopic (exact) mass is 376 g/mol. The maximum Gasteiger partial charge on any atom is 0.121 e. The first-order chi connectivity index (χ1) is 12.7. The molecule has 5 nitrogen and oxygen atoms in total. The third kappa shape index (κ3) is 4.48. The fourth-order valence-corrected chi connectivity index (χ4v) is 3.55. The van der Waals surface area contributed by atoms with Gasteiger partial charge >= 0.3 is 0 Å². The molecule has 6 heteroatoms. The Hall–Kier alpha value is -1.79. The van der Waals surface area contributed by atoms with Crippen molar-refractivity contribution in [2.75, 3.05) is 51.6 Å². The van der Waals surface area contributed by atoms with Crippen LogP contribution in [0.5, 0.6) is 5.75 Å². The zero-order valence-electron chi connectivity index (χ0n) is 15.0. The Morgan fingerprint density at radius 1 is 1.12 bits per heavy atom. The molecule has 0 saturated carbocycles. The van der Waals surface area contributed by atoms with E-state index in [0.717, 1.165) is 31.1 Å². The minimum atomic E-state index is 0.0666. The number of anilines is 1. The lowest BCUT2D eigenvalue weighted by Gasteiger charge is -2.42. The van der Waals surface area contributed by atoms with Crippen LogP contribution in [0.3, 0.4) is 0 Å². The predicted octanol–water partition coefficient (Wildman–Crippen LogP) is 3.18. The molecule has 0 amide bonds. The molecule has 1 aliphatic heterocycles. The van der Waals surface area contributed by atoms with Crippen LogP contribution < -0.4 is 9.64 Å². The highest BCUT2D eigenvalue weighted by Gasteiger charge is 2.29. The molecule has 1 saturated heterocycles. The van der Waals surface area contributed by atoms with Crippen molar-refractivity contribution in [2.24, 2.45) is 0 Å². The highest BCUT2D eigenvalue weighted by atomic mass is 35.5. The molecule has 1 aliphatic rings. The van der Waals surface area contributed by atoms with E-state index in [0.29, 0.717) is 18.2 Å². The number of hydrogen-bond donors (Lipinski definition) is 1. The lowest BCUT2D eigenvalue weighted by Crippen LogP contribution is -2.48. The number of aliphatic hydroxyl groups is 1. The van der Waals surface area contributed by atoms with Gasteiger partial charge in [-0.15, -0.1) is 0 Å². The minimum absolute atomic E-state index is 0.0666. The fourth-order valence-electron chi connectivity index (χ4n) is 3.27. The number of hydrogen-bond acceptors (Lipinski definition) is 5. The smallest absolute Gasteiger partial charge is 0.121 e. The van der Waals surface area contributed by atoms with Crippen molar-refractivity contribution in [2.45, 2.75) is 6.04 Å². The second-order valence-corrected chi connectivity index (χ2v) is 6.70. The summed E-state index contributed by atoms with van der Waals surface area (Å²) in [5.41, 5.74) is 2.19. The number of ether oxygens (including phenoxy) is 2. The molecule has 140 valence electrons. The number of benzene rings is 2. The van der Waals surface area contributed by atoms with Gasteiger partial charge in [0.1, 0.15) is 12.4 Å². The highest BCUT2D eigenvalue weighted by Crippen LogP contribution is 2.36. The first kappa shape index (κ1) is 19.0. The Bertz CT molecular complexity index is 699. The molecule has 2 aromatic rings. The van der Waals surface area contributed by atoms with Crippen molar-refractivity contribution in [1.29, 1.82) is 0 Å². The molecular formula is C20H25ClN2O3. The molecule has 1 atom stereocenters. The van der Waals surface area contributed by atoms with Gasteiger partial charge in [-0.05, 0) is 17.7 Å². The van der Waals surface area contributed by atoms with E-state index in [9.17, 15) is 5.11 Å². The van der Waals surface area contributed by atoms with Crippen molar-refractivity contribution in [3.8, 4) is 5.75 Å². The van der Waals surface area contributed by atoms with Gasteiger partial charge in [-0.3, -0.25) is 4.90 Å². The van der Waals surface area contributed by atoms with Crippen molar-refractivity contribution in [3.05, 3.63) is 59.1 Å². The van der Waals surface area contributed by atoms with Crippen LogP contribution >= 0.6 is 11.6 Å². The van der Waals surface area contributed by atoms with Gasteiger partial charge in [0.25, 0.3) is 0 Å². The summed E-state index contributed by atoms with van der Waals surface area (Å²) in [7, 11) is 1.65. The molecule has 0 unspecified atom stereocenters. The molecule has 1 N–H and O–H groups in total. The minimum Gasteiger partial charge on any atom is -0.491 e. The number of nitrogens with zero attached hydrogens (tertiary/aromatic N) is 2. The summed E-state index contributed by atoms with van der Waals surface area (Å²) in [6.07, 6.45) is 0. The zero-order chi connectivity index (χ0) is 18.4. The number of rotatable bonds is 7. The number of methoxy groups -OCH3 is 1. The number of aliphatic hydroxyl groups excluding tert-OH is 1. The fraction of sp³-hybridized carbons (Fsp3) is 0.400. The third-order valence-electron chi connectivity index (χ3n) is 4.63. The van der Waals surface area contributed by atoms with E-state index in [-0.39, 0.29) is 12.8 Å². The summed E-state index contributed by atoms with van der Waals surface area (Å²) in [6.45, 7) is 3.44. The Morgan fingerprint density at radius 2 is 1.92 bits per heavy atom. The normalized spacial score (nSPS) is 18.1. The standard InChI is InChI=1S/C20H25ClN2O3/c1-25-11-12-26-17-7-8-19(18(21)13-17)23-10-9-22(15-24)14-20(23)16-5-3-2-4-6-16/h2-8,13,20,24H,9-12,14-15H2,1H3/t20-/m0/s1. The van der Waals surface area contributed by atoms with Crippen LogP contribution in [-0.2, 0) is 4.74 Å². The van der Waals surface area contributed by atoms with E-state index in [1.807, 2.05) is 41.3 Å². The van der Waals surface area contributed by atoms with Gasteiger partial charge in [0.05, 0.1) is 30.1 Å². The van der Waals surface area contributed by atoms with E-state index in [4.69, 9.17) is 21.1 Å². The quantitative estimate of drug-likeness (QED) is 0.752. The SMILES string of the molecule is COCCOc1ccc(N2CCN(CO)C[C@H]2c2ccccc2)c(Cl)c1. The summed E-state index contributed by atoms with van der Waals surface area (Å²) >= 11 is 6.58. The van der Waals surface area contributed by atoms with Crippen molar-refractivity contribution < 1.29 is 14.6 Å². The van der Waals surface area contributed by atoms with Crippen LogP contribution in [0, 0.1) is 0 Å². The van der Waals surface area contributed by atoms with Gasteiger partial charge in [-0.1, -0.05) is 41.9 Å².